The fourth-order valence-corrected chi connectivity index (χ4v) is 6.74. The smallest absolute Gasteiger partial charge is 0.270 e. The minimum absolute atomic E-state index is 0.0709. The Hall–Kier alpha value is -3.32. The Morgan fingerprint density at radius 2 is 1.57 bits per heavy atom. The summed E-state index contributed by atoms with van der Waals surface area (Å²) in [4.78, 5) is 57.5. The molecule has 0 spiro atoms. The molecule has 2 aromatic rings. The Balaban J connectivity index is 1.76. The van der Waals surface area contributed by atoms with Crippen LogP contribution in [0.4, 0.5) is 0 Å². The van der Waals surface area contributed by atoms with Crippen LogP contribution in [0.1, 0.15) is 40.0 Å². The number of aliphatic hydroxyl groups is 1. The molecule has 3 amide bonds. The lowest BCUT2D eigenvalue weighted by Crippen LogP contribution is -2.60. The molecule has 1 aliphatic rings. The van der Waals surface area contributed by atoms with Crippen molar-refractivity contribution in [2.45, 2.75) is 62.1 Å². The van der Waals surface area contributed by atoms with Gasteiger partial charge >= 0.3 is 0 Å². The van der Waals surface area contributed by atoms with Crippen LogP contribution in [-0.2, 0) is 49.3 Å². The number of rotatable bonds is 18. The zero-order chi connectivity index (χ0) is 34.6. The predicted molar refractivity (Wildman–Crippen MR) is 170 cm³/mol. The fraction of sp³-hybridized carbons (Fsp3) is 0.567. The van der Waals surface area contributed by atoms with Gasteiger partial charge in [-0.05, 0) is 38.7 Å². The van der Waals surface area contributed by atoms with Crippen LogP contribution < -0.4 is 16.0 Å². The summed E-state index contributed by atoms with van der Waals surface area (Å²) in [5, 5.41) is 18.6. The molecule has 2 heterocycles. The topological polar surface area (TPSA) is 209 Å². The molecule has 0 saturated carbocycles. The number of hydrogen-bond acceptors (Lipinski definition) is 13. The molecule has 260 valence electrons. The average molecular weight is 699 g/mol. The number of carbonyl (C=O) groups is 4. The summed E-state index contributed by atoms with van der Waals surface area (Å²) in [5.74, 6) is -3.06. The van der Waals surface area contributed by atoms with Crippen molar-refractivity contribution in [3.8, 4) is 0 Å². The maximum absolute atomic E-state index is 13.7. The van der Waals surface area contributed by atoms with Gasteiger partial charge in [0, 0.05) is 27.4 Å². The zero-order valence-electron chi connectivity index (χ0n) is 26.7. The summed E-state index contributed by atoms with van der Waals surface area (Å²) in [7, 11) is -1.47. The number of carbonyl (C=O) groups excluding carboxylic acids is 4. The number of amides is 3. The van der Waals surface area contributed by atoms with Crippen molar-refractivity contribution < 1.29 is 51.1 Å². The lowest BCUT2D eigenvalue weighted by Gasteiger charge is -2.30. The Morgan fingerprint density at radius 3 is 2.13 bits per heavy atom. The summed E-state index contributed by atoms with van der Waals surface area (Å²) in [6.07, 6.45) is 1.75. The molecule has 15 nitrogen and oxygen atoms in total. The fourth-order valence-electron chi connectivity index (χ4n) is 4.70. The van der Waals surface area contributed by atoms with Crippen LogP contribution in [0.5, 0.6) is 0 Å². The second-order valence-corrected chi connectivity index (χ2v) is 14.3. The molecule has 4 N–H and O–H groups in total. The van der Waals surface area contributed by atoms with Crippen molar-refractivity contribution in [2.75, 3.05) is 47.3 Å². The van der Waals surface area contributed by atoms with Crippen LogP contribution in [0.2, 0.25) is 0 Å². The van der Waals surface area contributed by atoms with Crippen molar-refractivity contribution in [1.29, 1.82) is 0 Å². The Kier molecular flexibility index (Phi) is 14.4. The first-order valence-corrected chi connectivity index (χ1v) is 17.1. The second-order valence-electron chi connectivity index (χ2n) is 11.2. The van der Waals surface area contributed by atoms with E-state index in [9.17, 15) is 32.7 Å². The van der Waals surface area contributed by atoms with Gasteiger partial charge in [-0.3, -0.25) is 23.4 Å². The van der Waals surface area contributed by atoms with Gasteiger partial charge in [0.05, 0.1) is 35.7 Å². The first-order valence-electron chi connectivity index (χ1n) is 14.9. The molecule has 0 bridgehead atoms. The van der Waals surface area contributed by atoms with E-state index in [2.05, 4.69) is 20.9 Å². The third-order valence-corrected chi connectivity index (χ3v) is 9.94. The van der Waals surface area contributed by atoms with Crippen molar-refractivity contribution >= 4 is 45.0 Å². The Labute approximate surface area is 277 Å². The molecule has 1 fully saturated rings. The molecule has 17 heteroatoms. The van der Waals surface area contributed by atoms with E-state index >= 15 is 0 Å². The van der Waals surface area contributed by atoms with Crippen molar-refractivity contribution in [3.63, 3.8) is 0 Å². The van der Waals surface area contributed by atoms with Crippen LogP contribution in [0.15, 0.2) is 36.5 Å². The number of methoxy groups -OCH3 is 2. The zero-order valence-corrected chi connectivity index (χ0v) is 28.4. The minimum atomic E-state index is -4.12. The SMILES string of the molecule is COC[C@H](NC(=O)c1cnc(C)s1)C(=O)N[C@@H](COC)C(=O)NC(Cc1ccccc1)C(=O)C(C)(O)COS(=O)(=O)C1CCOCC1. The van der Waals surface area contributed by atoms with Crippen LogP contribution in [-0.4, -0.2) is 118 Å². The van der Waals surface area contributed by atoms with E-state index < -0.39 is 69.2 Å². The molecule has 1 aromatic heterocycles. The normalized spacial score (nSPS) is 17.1. The molecular formula is C30H42N4O11S2. The molecule has 4 atom stereocenters. The maximum Gasteiger partial charge on any atom is 0.270 e. The highest BCUT2D eigenvalue weighted by atomic mass is 32.2. The first-order chi connectivity index (χ1) is 22.3. The molecule has 1 aliphatic heterocycles. The standard InChI is InChI=1S/C30H42N4O11S2/c1-19-31-15-25(46-19)29(38)34-24(17-43-4)28(37)33-23(16-42-3)27(36)32-22(14-20-8-6-5-7-9-20)26(35)30(2,39)18-45-47(40,41)21-10-12-44-13-11-21/h5-9,15,21-24,39H,10-14,16-18H2,1-4H3,(H,32,36)(H,33,37)(H,34,38)/t22?,23-,24-,30?/m0/s1. The number of aromatic nitrogens is 1. The number of ketones is 1. The van der Waals surface area contributed by atoms with Gasteiger partial charge in [-0.2, -0.15) is 8.42 Å². The summed E-state index contributed by atoms with van der Waals surface area (Å²) < 4.78 is 46.1. The van der Waals surface area contributed by atoms with Crippen molar-refractivity contribution in [1.82, 2.24) is 20.9 Å². The Morgan fingerprint density at radius 1 is 1.00 bits per heavy atom. The van der Waals surface area contributed by atoms with E-state index in [0.717, 1.165) is 18.3 Å². The van der Waals surface area contributed by atoms with Gasteiger partial charge in [-0.1, -0.05) is 30.3 Å². The molecule has 0 aliphatic carbocycles. The molecule has 1 aromatic carbocycles. The number of Topliss-reactive ketones (excluding diaryl/α,β-unsaturated/α-hetero) is 1. The largest absolute Gasteiger partial charge is 0.382 e. The van der Waals surface area contributed by atoms with Gasteiger partial charge in [0.15, 0.2) is 5.78 Å². The van der Waals surface area contributed by atoms with Crippen LogP contribution >= 0.6 is 11.3 Å². The number of benzene rings is 1. The quantitative estimate of drug-likeness (QED) is 0.151. The van der Waals surface area contributed by atoms with Crippen LogP contribution in [0.25, 0.3) is 0 Å². The molecule has 3 rings (SSSR count). The van der Waals surface area contributed by atoms with Gasteiger partial charge in [-0.25, -0.2) is 4.98 Å². The third kappa shape index (κ3) is 11.4. The van der Waals surface area contributed by atoms with E-state index in [-0.39, 0.29) is 50.6 Å². The van der Waals surface area contributed by atoms with Gasteiger partial charge in [0.2, 0.25) is 11.8 Å². The highest BCUT2D eigenvalue weighted by Gasteiger charge is 2.41. The number of thiazole rings is 1. The van der Waals surface area contributed by atoms with Gasteiger partial charge in [-0.15, -0.1) is 11.3 Å². The van der Waals surface area contributed by atoms with Crippen molar-refractivity contribution in [3.05, 3.63) is 52.0 Å². The molecule has 47 heavy (non-hydrogen) atoms. The summed E-state index contributed by atoms with van der Waals surface area (Å²) in [6.45, 7) is 1.93. The van der Waals surface area contributed by atoms with Gasteiger partial charge in [0.1, 0.15) is 29.2 Å². The maximum atomic E-state index is 13.7. The minimum Gasteiger partial charge on any atom is -0.382 e. The lowest BCUT2D eigenvalue weighted by atomic mass is 9.91. The highest BCUT2D eigenvalue weighted by Crippen LogP contribution is 2.21. The number of nitrogens with one attached hydrogen (secondary N) is 3. The molecule has 1 saturated heterocycles. The first kappa shape index (κ1) is 38.1. The van der Waals surface area contributed by atoms with E-state index in [1.165, 1.54) is 20.4 Å². The number of ether oxygens (including phenoxy) is 3. The number of nitrogens with zero attached hydrogens (tertiary/aromatic N) is 1. The second kappa shape index (κ2) is 17.7. The van der Waals surface area contributed by atoms with E-state index in [4.69, 9.17) is 18.4 Å². The van der Waals surface area contributed by atoms with E-state index in [1.54, 1.807) is 37.3 Å². The van der Waals surface area contributed by atoms with Crippen molar-refractivity contribution in [2.24, 2.45) is 0 Å². The monoisotopic (exact) mass is 698 g/mol. The molecule has 2 unspecified atom stereocenters. The predicted octanol–water partition coefficient (Wildman–Crippen LogP) is -0.0995. The number of aryl methyl sites for hydroxylation is 1. The molecule has 0 radical (unpaired) electrons. The van der Waals surface area contributed by atoms with E-state index in [0.29, 0.717) is 10.6 Å². The highest BCUT2D eigenvalue weighted by molar-refractivity contribution is 7.87. The van der Waals surface area contributed by atoms with Crippen LogP contribution in [0.3, 0.4) is 0 Å². The average Bonchev–Trinajstić information content (AvgIpc) is 3.50. The summed E-state index contributed by atoms with van der Waals surface area (Å²) in [5.41, 5.74) is -1.69. The third-order valence-electron chi connectivity index (χ3n) is 7.29. The lowest BCUT2D eigenvalue weighted by molar-refractivity contribution is -0.143. The van der Waals surface area contributed by atoms with Crippen LogP contribution in [0, 0.1) is 6.92 Å². The van der Waals surface area contributed by atoms with Gasteiger partial charge in [0.25, 0.3) is 16.0 Å². The van der Waals surface area contributed by atoms with Gasteiger partial charge < -0.3 is 35.3 Å². The Bertz CT molecular complexity index is 1460. The molecular weight excluding hydrogens is 656 g/mol. The summed E-state index contributed by atoms with van der Waals surface area (Å²) >= 11 is 1.14. The van der Waals surface area contributed by atoms with E-state index in [1.807, 2.05) is 0 Å². The summed E-state index contributed by atoms with van der Waals surface area (Å²) in [6, 6.07) is 4.75. The number of hydrogen-bond donors (Lipinski definition) is 4.